The van der Waals surface area contributed by atoms with Crippen LogP contribution in [0.15, 0.2) is 46.3 Å². The molecule has 1 aliphatic carbocycles. The van der Waals surface area contributed by atoms with Crippen LogP contribution in [0.1, 0.15) is 59.4 Å². The summed E-state index contributed by atoms with van der Waals surface area (Å²) in [7, 11) is 0. The summed E-state index contributed by atoms with van der Waals surface area (Å²) in [5.74, 6) is -0.415. The van der Waals surface area contributed by atoms with Crippen LogP contribution in [0.5, 0.6) is 0 Å². The van der Waals surface area contributed by atoms with Crippen LogP contribution in [0.25, 0.3) is 16.9 Å². The number of nitrogens with zero attached hydrogens (tertiary/aromatic N) is 4. The monoisotopic (exact) mass is 524 g/mol. The van der Waals surface area contributed by atoms with E-state index in [4.69, 9.17) is 10.1 Å². The van der Waals surface area contributed by atoms with Gasteiger partial charge < -0.3 is 4.90 Å². The molecule has 3 aromatic heterocycles. The lowest BCUT2D eigenvalue weighted by atomic mass is 10.00. The average molecular weight is 525 g/mol. The zero-order valence-corrected chi connectivity index (χ0v) is 20.7. The largest absolute Gasteiger partial charge is 0.330 e. The minimum absolute atomic E-state index is 0.0165. The lowest BCUT2D eigenvalue weighted by molar-refractivity contribution is 0.0673. The molecule has 0 saturated heterocycles. The predicted octanol–water partition coefficient (Wildman–Crippen LogP) is 6.17. The number of amides is 1. The zero-order valence-electron chi connectivity index (χ0n) is 18.3. The number of fused-ring (bicyclic) bond motifs is 2. The maximum atomic E-state index is 14.6. The maximum absolute atomic E-state index is 14.6. The molecular weight excluding hydrogens is 503 g/mol. The summed E-state index contributed by atoms with van der Waals surface area (Å²) in [5.41, 5.74) is 4.06. The van der Waals surface area contributed by atoms with Crippen molar-refractivity contribution in [3.8, 4) is 11.3 Å². The van der Waals surface area contributed by atoms with Crippen molar-refractivity contribution in [2.24, 2.45) is 0 Å². The number of carbonyl (C=O) groups is 1. The van der Waals surface area contributed by atoms with Gasteiger partial charge in [0.1, 0.15) is 11.5 Å². The van der Waals surface area contributed by atoms with E-state index in [9.17, 15) is 9.18 Å². The molecule has 4 aromatic rings. The van der Waals surface area contributed by atoms with Crippen LogP contribution in [-0.2, 0) is 11.8 Å². The van der Waals surface area contributed by atoms with E-state index < -0.39 is 0 Å². The summed E-state index contributed by atoms with van der Waals surface area (Å²) in [6.07, 6.45) is 2.93. The smallest absolute Gasteiger partial charge is 0.273 e. The van der Waals surface area contributed by atoms with Crippen LogP contribution < -0.4 is 0 Å². The third-order valence-corrected chi connectivity index (χ3v) is 8.50. The molecule has 33 heavy (non-hydrogen) atoms. The van der Waals surface area contributed by atoms with Crippen molar-refractivity contribution in [2.45, 2.75) is 44.6 Å². The molecule has 8 heteroatoms. The molecule has 0 radical (unpaired) electrons. The Morgan fingerprint density at radius 2 is 2.06 bits per heavy atom. The topological polar surface area (TPSA) is 50.5 Å². The lowest BCUT2D eigenvalue weighted by Crippen LogP contribution is -2.38. The maximum Gasteiger partial charge on any atom is 0.273 e. The standard InChI is InChI=1S/C25H22BrFN4OS/c1-14-16-6-10-33-21(16)5-9-30(14)24(32)20-12-22(25(2)7-8-25)31-23(28-20)13-19(29-31)17-4-3-15(26)11-18(17)27/h3-4,6,10-14H,5,7-9H2,1-2H3. The summed E-state index contributed by atoms with van der Waals surface area (Å²) in [6.45, 7) is 4.94. The van der Waals surface area contributed by atoms with Gasteiger partial charge in [0.05, 0.1) is 17.4 Å². The minimum atomic E-state index is -0.350. The third-order valence-electron chi connectivity index (χ3n) is 7.01. The number of aromatic nitrogens is 3. The van der Waals surface area contributed by atoms with Crippen molar-refractivity contribution in [1.29, 1.82) is 0 Å². The normalized spacial score (nSPS) is 19.0. The van der Waals surface area contributed by atoms with E-state index in [0.29, 0.717) is 33.6 Å². The molecule has 0 spiro atoms. The van der Waals surface area contributed by atoms with E-state index in [1.807, 2.05) is 11.0 Å². The SMILES string of the molecule is CC1c2ccsc2CCN1C(=O)c1cc(C2(C)CC2)n2nc(-c3ccc(Br)cc3F)cc2n1. The third kappa shape index (κ3) is 3.42. The molecule has 0 N–H and O–H groups in total. The molecule has 1 unspecified atom stereocenters. The van der Waals surface area contributed by atoms with Gasteiger partial charge in [-0.25, -0.2) is 13.9 Å². The Morgan fingerprint density at radius 1 is 1.24 bits per heavy atom. The van der Waals surface area contributed by atoms with Gasteiger partial charge in [0, 0.05) is 32.9 Å². The van der Waals surface area contributed by atoms with Crippen LogP contribution in [0.4, 0.5) is 4.39 Å². The second-order valence-corrected chi connectivity index (χ2v) is 11.2. The number of thiophene rings is 1. The average Bonchev–Trinajstić information content (AvgIpc) is 3.19. The zero-order chi connectivity index (χ0) is 22.9. The van der Waals surface area contributed by atoms with E-state index in [2.05, 4.69) is 41.2 Å². The van der Waals surface area contributed by atoms with Crippen molar-refractivity contribution >= 4 is 38.8 Å². The fourth-order valence-corrected chi connectivity index (χ4v) is 6.02. The predicted molar refractivity (Wildman–Crippen MR) is 130 cm³/mol. The van der Waals surface area contributed by atoms with Gasteiger partial charge in [0.2, 0.25) is 0 Å². The first-order valence-corrected chi connectivity index (χ1v) is 12.8. The van der Waals surface area contributed by atoms with E-state index >= 15 is 0 Å². The van der Waals surface area contributed by atoms with Gasteiger partial charge in [0.25, 0.3) is 5.91 Å². The first-order valence-electron chi connectivity index (χ1n) is 11.1. The van der Waals surface area contributed by atoms with Gasteiger partial charge in [-0.2, -0.15) is 5.10 Å². The van der Waals surface area contributed by atoms with Crippen LogP contribution in [0, 0.1) is 5.82 Å². The quantitative estimate of drug-likeness (QED) is 0.322. The molecular formula is C25H22BrFN4OS. The molecule has 1 fully saturated rings. The fourth-order valence-electron chi connectivity index (χ4n) is 4.72. The Balaban J connectivity index is 1.45. The first-order chi connectivity index (χ1) is 15.8. The fraction of sp³-hybridized carbons (Fsp3) is 0.320. The molecule has 1 aromatic carbocycles. The molecule has 5 nitrogen and oxygen atoms in total. The van der Waals surface area contributed by atoms with Gasteiger partial charge in [0.15, 0.2) is 5.65 Å². The van der Waals surface area contributed by atoms with E-state index in [1.165, 1.54) is 16.5 Å². The highest BCUT2D eigenvalue weighted by Crippen LogP contribution is 2.48. The van der Waals surface area contributed by atoms with Crippen molar-refractivity contribution in [3.05, 3.63) is 73.9 Å². The van der Waals surface area contributed by atoms with Crippen molar-refractivity contribution in [3.63, 3.8) is 0 Å². The summed E-state index contributed by atoms with van der Waals surface area (Å²) in [6, 6.07) is 10.7. The summed E-state index contributed by atoms with van der Waals surface area (Å²) in [5, 5.41) is 6.80. The molecule has 2 aliphatic rings. The molecule has 1 aliphatic heterocycles. The van der Waals surface area contributed by atoms with Crippen molar-refractivity contribution in [1.82, 2.24) is 19.5 Å². The second-order valence-electron chi connectivity index (χ2n) is 9.23. The van der Waals surface area contributed by atoms with Gasteiger partial charge in [-0.1, -0.05) is 22.9 Å². The first kappa shape index (κ1) is 21.0. The number of halogens is 2. The Labute approximate surface area is 203 Å². The number of rotatable bonds is 3. The summed E-state index contributed by atoms with van der Waals surface area (Å²) in [4.78, 5) is 21.6. The molecule has 1 amide bonds. The van der Waals surface area contributed by atoms with E-state index in [0.717, 1.165) is 25.0 Å². The van der Waals surface area contributed by atoms with Crippen LogP contribution in [-0.4, -0.2) is 31.9 Å². The highest BCUT2D eigenvalue weighted by molar-refractivity contribution is 9.10. The molecule has 168 valence electrons. The number of hydrogen-bond acceptors (Lipinski definition) is 4. The molecule has 1 atom stereocenters. The van der Waals surface area contributed by atoms with Crippen LogP contribution in [0.2, 0.25) is 0 Å². The Morgan fingerprint density at radius 3 is 2.82 bits per heavy atom. The lowest BCUT2D eigenvalue weighted by Gasteiger charge is -2.33. The van der Waals surface area contributed by atoms with E-state index in [1.54, 1.807) is 34.1 Å². The summed E-state index contributed by atoms with van der Waals surface area (Å²) >= 11 is 5.06. The Kier molecular flexibility index (Phi) is 4.75. The molecule has 6 rings (SSSR count). The van der Waals surface area contributed by atoms with Crippen molar-refractivity contribution < 1.29 is 9.18 Å². The minimum Gasteiger partial charge on any atom is -0.330 e. The molecule has 1 saturated carbocycles. The van der Waals surface area contributed by atoms with Gasteiger partial charge in [-0.05, 0) is 67.5 Å². The van der Waals surface area contributed by atoms with Gasteiger partial charge in [-0.3, -0.25) is 4.79 Å². The second kappa shape index (κ2) is 7.46. The van der Waals surface area contributed by atoms with Crippen molar-refractivity contribution in [2.75, 3.05) is 6.54 Å². The molecule has 0 bridgehead atoms. The number of carbonyl (C=O) groups excluding carboxylic acids is 1. The number of hydrogen-bond donors (Lipinski definition) is 0. The van der Waals surface area contributed by atoms with Crippen LogP contribution in [0.3, 0.4) is 0 Å². The number of benzene rings is 1. The Hall–Kier alpha value is -2.58. The summed E-state index contributed by atoms with van der Waals surface area (Å²) < 4.78 is 17.1. The van der Waals surface area contributed by atoms with Crippen LogP contribution >= 0.6 is 27.3 Å². The highest BCUT2D eigenvalue weighted by atomic mass is 79.9. The van der Waals surface area contributed by atoms with Gasteiger partial charge >= 0.3 is 0 Å². The van der Waals surface area contributed by atoms with E-state index in [-0.39, 0.29) is 23.2 Å². The highest BCUT2D eigenvalue weighted by Gasteiger charge is 2.42. The van der Waals surface area contributed by atoms with Gasteiger partial charge in [-0.15, -0.1) is 11.3 Å². The molecule has 4 heterocycles. The Bertz CT molecular complexity index is 1420.